The van der Waals surface area contributed by atoms with E-state index in [2.05, 4.69) is 42.4 Å². The Balaban J connectivity index is 0. The van der Waals surface area contributed by atoms with Gasteiger partial charge in [0.05, 0.1) is 0 Å². The SMILES string of the molecule is C=O.NC(N)=O.OCNc1nc(NCO)nc(NCO)n1. The molecular weight excluding hydrogens is 288 g/mol. The van der Waals surface area contributed by atoms with Crippen LogP contribution in [0, 0.1) is 0 Å². The summed E-state index contributed by atoms with van der Waals surface area (Å²) in [6.07, 6.45) is 0. The Labute approximate surface area is 119 Å². The first kappa shape index (κ1) is 20.5. The van der Waals surface area contributed by atoms with Crippen LogP contribution in [0.3, 0.4) is 0 Å². The first-order valence-electron chi connectivity index (χ1n) is 5.17. The largest absolute Gasteiger partial charge is 0.376 e. The third-order valence-corrected chi connectivity index (χ3v) is 1.35. The fraction of sp³-hybridized carbons (Fsp3) is 0.375. The minimum Gasteiger partial charge on any atom is -0.376 e. The summed E-state index contributed by atoms with van der Waals surface area (Å²) < 4.78 is 0. The maximum absolute atomic E-state index is 9.00. The molecule has 10 N–H and O–H groups in total. The first-order valence-corrected chi connectivity index (χ1v) is 5.17. The van der Waals surface area contributed by atoms with E-state index in [4.69, 9.17) is 24.9 Å². The van der Waals surface area contributed by atoms with Crippen molar-refractivity contribution in [2.45, 2.75) is 0 Å². The molecule has 0 aliphatic carbocycles. The Hall–Kier alpha value is -2.77. The van der Waals surface area contributed by atoms with E-state index >= 15 is 0 Å². The number of hydrogen-bond acceptors (Lipinski definition) is 11. The van der Waals surface area contributed by atoms with E-state index < -0.39 is 6.03 Å². The van der Waals surface area contributed by atoms with Gasteiger partial charge in [-0.1, -0.05) is 0 Å². The molecule has 0 aromatic carbocycles. The monoisotopic (exact) mass is 306 g/mol. The summed E-state index contributed by atoms with van der Waals surface area (Å²) in [5.74, 6) is 0.373. The van der Waals surface area contributed by atoms with E-state index in [-0.39, 0.29) is 38.0 Å². The molecule has 2 amide bonds. The maximum atomic E-state index is 9.00. The molecule has 21 heavy (non-hydrogen) atoms. The average molecular weight is 306 g/mol. The second-order valence-electron chi connectivity index (χ2n) is 2.71. The summed E-state index contributed by atoms with van der Waals surface area (Å²) in [5.41, 5.74) is 8.50. The number of primary amides is 2. The Morgan fingerprint density at radius 2 is 1.05 bits per heavy atom. The van der Waals surface area contributed by atoms with Gasteiger partial charge in [-0.3, -0.25) is 0 Å². The van der Waals surface area contributed by atoms with Crippen molar-refractivity contribution in [1.82, 2.24) is 15.0 Å². The number of anilines is 3. The number of urea groups is 1. The van der Waals surface area contributed by atoms with Crippen LogP contribution in [0.4, 0.5) is 22.6 Å². The lowest BCUT2D eigenvalue weighted by molar-refractivity contribution is -0.0980. The molecule has 0 unspecified atom stereocenters. The molecular formula is C8H18N8O5. The summed E-state index contributed by atoms with van der Waals surface area (Å²) in [6.45, 7) is 1.00. The third kappa shape index (κ3) is 12.0. The van der Waals surface area contributed by atoms with Crippen molar-refractivity contribution < 1.29 is 24.9 Å². The molecule has 0 aliphatic rings. The molecule has 13 nitrogen and oxygen atoms in total. The van der Waals surface area contributed by atoms with Gasteiger partial charge in [-0.25, -0.2) is 4.79 Å². The van der Waals surface area contributed by atoms with Gasteiger partial charge in [-0.15, -0.1) is 0 Å². The van der Waals surface area contributed by atoms with Crippen molar-refractivity contribution in [2.24, 2.45) is 11.5 Å². The van der Waals surface area contributed by atoms with E-state index in [1.54, 1.807) is 0 Å². The first-order chi connectivity index (χ1) is 10.0. The highest BCUT2D eigenvalue weighted by Gasteiger charge is 2.04. The minimum atomic E-state index is -0.833. The predicted octanol–water partition coefficient (Wildman–Crippen LogP) is -3.20. The highest BCUT2D eigenvalue weighted by molar-refractivity contribution is 5.69. The summed E-state index contributed by atoms with van der Waals surface area (Å²) in [5, 5.41) is 33.2. The number of rotatable bonds is 6. The zero-order valence-corrected chi connectivity index (χ0v) is 11.0. The van der Waals surface area contributed by atoms with E-state index in [9.17, 15) is 0 Å². The van der Waals surface area contributed by atoms with Crippen LogP contribution in [0.15, 0.2) is 0 Å². The molecule has 1 aromatic rings. The summed E-state index contributed by atoms with van der Waals surface area (Å²) in [4.78, 5) is 28.4. The summed E-state index contributed by atoms with van der Waals surface area (Å²) in [6, 6.07) is -0.833. The van der Waals surface area contributed by atoms with Crippen molar-refractivity contribution in [3.8, 4) is 0 Å². The fourth-order valence-corrected chi connectivity index (χ4v) is 0.825. The lowest BCUT2D eigenvalue weighted by Crippen LogP contribution is -2.18. The number of aliphatic hydroxyl groups is 3. The van der Waals surface area contributed by atoms with Gasteiger partial charge in [0.15, 0.2) is 0 Å². The lowest BCUT2D eigenvalue weighted by atomic mass is 10.8. The van der Waals surface area contributed by atoms with E-state index in [1.807, 2.05) is 6.79 Å². The molecule has 0 fully saturated rings. The number of carbonyl (C=O) groups is 2. The van der Waals surface area contributed by atoms with Gasteiger partial charge in [0.25, 0.3) is 0 Å². The molecule has 1 heterocycles. The Bertz CT molecular complexity index is 342. The molecule has 0 aliphatic heterocycles. The zero-order valence-electron chi connectivity index (χ0n) is 11.0. The van der Waals surface area contributed by atoms with E-state index in [1.165, 1.54) is 0 Å². The van der Waals surface area contributed by atoms with Crippen molar-refractivity contribution in [2.75, 3.05) is 36.1 Å². The topological polar surface area (TPSA) is 222 Å². The summed E-state index contributed by atoms with van der Waals surface area (Å²) >= 11 is 0. The summed E-state index contributed by atoms with van der Waals surface area (Å²) in [7, 11) is 0. The maximum Gasteiger partial charge on any atom is 0.309 e. The molecule has 13 heteroatoms. The second-order valence-corrected chi connectivity index (χ2v) is 2.71. The minimum absolute atomic E-state index is 0.124. The van der Waals surface area contributed by atoms with Crippen LogP contribution in [0.25, 0.3) is 0 Å². The van der Waals surface area contributed by atoms with Crippen LogP contribution < -0.4 is 27.4 Å². The van der Waals surface area contributed by atoms with Gasteiger partial charge in [0, 0.05) is 0 Å². The van der Waals surface area contributed by atoms with Gasteiger partial charge < -0.3 is 47.5 Å². The highest BCUT2D eigenvalue weighted by atomic mass is 16.3. The third-order valence-electron chi connectivity index (χ3n) is 1.35. The molecule has 1 aromatic heterocycles. The molecule has 0 atom stereocenters. The van der Waals surface area contributed by atoms with Gasteiger partial charge in [-0.2, -0.15) is 15.0 Å². The van der Waals surface area contributed by atoms with Crippen LogP contribution in [0.5, 0.6) is 0 Å². The molecule has 0 saturated carbocycles. The fourth-order valence-electron chi connectivity index (χ4n) is 0.825. The van der Waals surface area contributed by atoms with Crippen LogP contribution in [-0.4, -0.2) is 63.3 Å². The Morgan fingerprint density at radius 3 is 1.19 bits per heavy atom. The smallest absolute Gasteiger partial charge is 0.309 e. The Kier molecular flexibility index (Phi) is 13.4. The highest BCUT2D eigenvalue weighted by Crippen LogP contribution is 2.07. The zero-order chi connectivity index (χ0) is 16.7. The molecule has 0 spiro atoms. The van der Waals surface area contributed by atoms with Crippen molar-refractivity contribution in [3.05, 3.63) is 0 Å². The van der Waals surface area contributed by atoms with Crippen molar-refractivity contribution >= 4 is 30.7 Å². The quantitative estimate of drug-likeness (QED) is 0.244. The molecule has 0 bridgehead atoms. The van der Waals surface area contributed by atoms with E-state index in [0.717, 1.165) is 0 Å². The van der Waals surface area contributed by atoms with Crippen LogP contribution in [0.2, 0.25) is 0 Å². The average Bonchev–Trinajstić information content (AvgIpc) is 2.41. The van der Waals surface area contributed by atoms with E-state index in [0.29, 0.717) is 0 Å². The molecule has 0 radical (unpaired) electrons. The van der Waals surface area contributed by atoms with Crippen LogP contribution in [-0.2, 0) is 4.79 Å². The standard InChI is InChI=1S/C6H12N6O3.CH4N2O.CH2O/c13-1-7-4-10-5(8-2-14)12-6(11-4)9-3-15;2-1(3)4;1-2/h13-15H,1-3H2,(H3,7,8,9,10,11,12);(H4,2,3,4);1H2. The van der Waals surface area contributed by atoms with Gasteiger partial charge >= 0.3 is 6.03 Å². The van der Waals surface area contributed by atoms with Crippen molar-refractivity contribution in [3.63, 3.8) is 0 Å². The number of nitrogens with zero attached hydrogens (tertiary/aromatic N) is 3. The van der Waals surface area contributed by atoms with Gasteiger partial charge in [-0.05, 0) is 0 Å². The second kappa shape index (κ2) is 13.7. The number of nitrogens with two attached hydrogens (primary N) is 2. The number of aromatic nitrogens is 3. The van der Waals surface area contributed by atoms with Crippen molar-refractivity contribution in [1.29, 1.82) is 0 Å². The number of amides is 2. The normalized spacial score (nSPS) is 8.33. The number of aliphatic hydroxyl groups excluding tert-OH is 3. The number of carbonyl (C=O) groups excluding carboxylic acids is 2. The molecule has 1 rings (SSSR count). The van der Waals surface area contributed by atoms with Crippen LogP contribution in [0.1, 0.15) is 0 Å². The van der Waals surface area contributed by atoms with Crippen LogP contribution >= 0.6 is 0 Å². The molecule has 120 valence electrons. The lowest BCUT2D eigenvalue weighted by Gasteiger charge is -2.07. The van der Waals surface area contributed by atoms with Gasteiger partial charge in [0.1, 0.15) is 27.0 Å². The molecule has 0 saturated heterocycles. The predicted molar refractivity (Wildman–Crippen MR) is 72.8 cm³/mol. The number of hydrogen-bond donors (Lipinski definition) is 8. The Morgan fingerprint density at radius 1 is 0.857 bits per heavy atom. The number of nitrogens with one attached hydrogen (secondary N) is 3. The van der Waals surface area contributed by atoms with Gasteiger partial charge in [0.2, 0.25) is 17.8 Å².